The number of aromatic nitrogens is 1. The number of methoxy groups -OCH3 is 1. The third-order valence-electron chi connectivity index (χ3n) is 3.61. The standard InChI is InChI=1S/C18H15BrN2O2/c1-23-17-7-6-12-4-2-3-5-15(12)16(17)11-21-18(22)13-8-14(19)10-20-9-13/h2-10H,11H2,1H3,(H,21,22). The Bertz CT molecular complexity index is 865. The van der Waals surface area contributed by atoms with E-state index < -0.39 is 0 Å². The van der Waals surface area contributed by atoms with Crippen molar-refractivity contribution in [3.8, 4) is 5.75 Å². The largest absolute Gasteiger partial charge is 0.496 e. The quantitative estimate of drug-likeness (QED) is 0.756. The molecule has 0 saturated carbocycles. The Morgan fingerprint density at radius 1 is 1.22 bits per heavy atom. The maximum Gasteiger partial charge on any atom is 0.253 e. The summed E-state index contributed by atoms with van der Waals surface area (Å²) in [6, 6.07) is 13.7. The van der Waals surface area contributed by atoms with Crippen molar-refractivity contribution in [2.75, 3.05) is 7.11 Å². The average molecular weight is 371 g/mol. The van der Waals surface area contributed by atoms with Crippen LogP contribution in [0.3, 0.4) is 0 Å². The first-order valence-electron chi connectivity index (χ1n) is 7.12. The summed E-state index contributed by atoms with van der Waals surface area (Å²) in [6.07, 6.45) is 3.19. The number of fused-ring (bicyclic) bond motifs is 1. The normalized spacial score (nSPS) is 10.5. The molecule has 0 aliphatic heterocycles. The second-order valence-corrected chi connectivity index (χ2v) is 5.96. The molecule has 0 bridgehead atoms. The monoisotopic (exact) mass is 370 g/mol. The molecular weight excluding hydrogens is 356 g/mol. The van der Waals surface area contributed by atoms with Crippen LogP contribution in [0.2, 0.25) is 0 Å². The van der Waals surface area contributed by atoms with Crippen molar-refractivity contribution < 1.29 is 9.53 Å². The van der Waals surface area contributed by atoms with Gasteiger partial charge in [-0.2, -0.15) is 0 Å². The van der Waals surface area contributed by atoms with Gasteiger partial charge < -0.3 is 10.1 Å². The molecule has 0 fully saturated rings. The smallest absolute Gasteiger partial charge is 0.253 e. The molecule has 0 saturated heterocycles. The lowest BCUT2D eigenvalue weighted by atomic mass is 10.0. The summed E-state index contributed by atoms with van der Waals surface area (Å²) in [4.78, 5) is 16.3. The van der Waals surface area contributed by atoms with E-state index in [9.17, 15) is 4.79 Å². The molecule has 116 valence electrons. The van der Waals surface area contributed by atoms with Gasteiger partial charge in [0.15, 0.2) is 0 Å². The van der Waals surface area contributed by atoms with Crippen LogP contribution >= 0.6 is 15.9 Å². The van der Waals surface area contributed by atoms with Crippen molar-refractivity contribution in [3.63, 3.8) is 0 Å². The SMILES string of the molecule is COc1ccc2ccccc2c1CNC(=O)c1cncc(Br)c1. The van der Waals surface area contributed by atoms with Gasteiger partial charge >= 0.3 is 0 Å². The van der Waals surface area contributed by atoms with Gasteiger partial charge in [0, 0.05) is 29.0 Å². The van der Waals surface area contributed by atoms with Crippen LogP contribution < -0.4 is 10.1 Å². The van der Waals surface area contributed by atoms with Crippen molar-refractivity contribution >= 4 is 32.6 Å². The number of hydrogen-bond acceptors (Lipinski definition) is 3. The zero-order valence-electron chi connectivity index (χ0n) is 12.5. The molecule has 0 aliphatic rings. The van der Waals surface area contributed by atoms with E-state index in [0.717, 1.165) is 26.6 Å². The van der Waals surface area contributed by atoms with E-state index >= 15 is 0 Å². The van der Waals surface area contributed by atoms with Crippen LogP contribution in [0.1, 0.15) is 15.9 Å². The van der Waals surface area contributed by atoms with Gasteiger partial charge in [0.25, 0.3) is 5.91 Å². The van der Waals surface area contributed by atoms with Crippen LogP contribution in [0.15, 0.2) is 59.3 Å². The zero-order valence-corrected chi connectivity index (χ0v) is 14.1. The number of carbonyl (C=O) groups excluding carboxylic acids is 1. The number of carbonyl (C=O) groups is 1. The summed E-state index contributed by atoms with van der Waals surface area (Å²) in [5.74, 6) is 0.588. The molecule has 0 spiro atoms. The lowest BCUT2D eigenvalue weighted by molar-refractivity contribution is 0.0950. The zero-order chi connectivity index (χ0) is 16.2. The minimum Gasteiger partial charge on any atom is -0.496 e. The molecule has 23 heavy (non-hydrogen) atoms. The Morgan fingerprint density at radius 3 is 2.83 bits per heavy atom. The van der Waals surface area contributed by atoms with E-state index in [1.54, 1.807) is 25.6 Å². The second-order valence-electron chi connectivity index (χ2n) is 5.04. The molecule has 3 rings (SSSR count). The van der Waals surface area contributed by atoms with Crippen molar-refractivity contribution in [1.29, 1.82) is 0 Å². The van der Waals surface area contributed by atoms with Crippen molar-refractivity contribution in [1.82, 2.24) is 10.3 Å². The molecule has 4 nitrogen and oxygen atoms in total. The molecule has 0 aliphatic carbocycles. The van der Waals surface area contributed by atoms with Gasteiger partial charge in [0.2, 0.25) is 0 Å². The van der Waals surface area contributed by atoms with Crippen LogP contribution in [-0.4, -0.2) is 18.0 Å². The Balaban J connectivity index is 1.88. The molecule has 0 radical (unpaired) electrons. The first kappa shape index (κ1) is 15.5. The van der Waals surface area contributed by atoms with Crippen LogP contribution in [0, 0.1) is 0 Å². The molecule has 1 aromatic heterocycles. The minimum atomic E-state index is -0.172. The fourth-order valence-electron chi connectivity index (χ4n) is 2.50. The lowest BCUT2D eigenvalue weighted by Crippen LogP contribution is -2.23. The summed E-state index contributed by atoms with van der Waals surface area (Å²) in [6.45, 7) is 0.385. The fraction of sp³-hybridized carbons (Fsp3) is 0.111. The number of hydrogen-bond donors (Lipinski definition) is 1. The number of ether oxygens (including phenoxy) is 1. The second kappa shape index (κ2) is 6.79. The molecule has 0 unspecified atom stereocenters. The Kier molecular flexibility index (Phi) is 4.57. The summed E-state index contributed by atoms with van der Waals surface area (Å²) in [5.41, 5.74) is 1.47. The number of benzene rings is 2. The van der Waals surface area contributed by atoms with E-state index in [1.807, 2.05) is 36.4 Å². The lowest BCUT2D eigenvalue weighted by Gasteiger charge is -2.13. The predicted octanol–water partition coefficient (Wildman–Crippen LogP) is 3.94. The highest BCUT2D eigenvalue weighted by Gasteiger charge is 2.11. The van der Waals surface area contributed by atoms with Crippen molar-refractivity contribution in [2.45, 2.75) is 6.54 Å². The summed E-state index contributed by atoms with van der Waals surface area (Å²) >= 11 is 3.32. The van der Waals surface area contributed by atoms with Gasteiger partial charge in [0.05, 0.1) is 12.7 Å². The van der Waals surface area contributed by atoms with E-state index in [-0.39, 0.29) is 5.91 Å². The molecule has 1 N–H and O–H groups in total. The highest BCUT2D eigenvalue weighted by atomic mass is 79.9. The third-order valence-corrected chi connectivity index (χ3v) is 4.04. The predicted molar refractivity (Wildman–Crippen MR) is 93.6 cm³/mol. The molecule has 0 atom stereocenters. The van der Waals surface area contributed by atoms with E-state index in [1.165, 1.54) is 0 Å². The van der Waals surface area contributed by atoms with E-state index in [0.29, 0.717) is 12.1 Å². The Morgan fingerprint density at radius 2 is 2.04 bits per heavy atom. The highest BCUT2D eigenvalue weighted by Crippen LogP contribution is 2.27. The minimum absolute atomic E-state index is 0.172. The fourth-order valence-corrected chi connectivity index (χ4v) is 2.86. The van der Waals surface area contributed by atoms with E-state index in [4.69, 9.17) is 4.74 Å². The molecule has 1 amide bonds. The van der Waals surface area contributed by atoms with Gasteiger partial charge in [-0.15, -0.1) is 0 Å². The van der Waals surface area contributed by atoms with Gasteiger partial charge in [-0.1, -0.05) is 30.3 Å². The van der Waals surface area contributed by atoms with Gasteiger partial charge in [-0.3, -0.25) is 9.78 Å². The first-order chi connectivity index (χ1) is 11.2. The van der Waals surface area contributed by atoms with Crippen LogP contribution in [0.4, 0.5) is 0 Å². The maximum absolute atomic E-state index is 12.3. The van der Waals surface area contributed by atoms with Crippen LogP contribution in [0.5, 0.6) is 5.75 Å². The van der Waals surface area contributed by atoms with Crippen LogP contribution in [-0.2, 0) is 6.54 Å². The average Bonchev–Trinajstić information content (AvgIpc) is 2.59. The Hall–Kier alpha value is -2.40. The molecule has 3 aromatic rings. The van der Waals surface area contributed by atoms with Crippen LogP contribution in [0.25, 0.3) is 10.8 Å². The number of halogens is 1. The summed E-state index contributed by atoms with van der Waals surface area (Å²) in [7, 11) is 1.63. The number of nitrogens with zero attached hydrogens (tertiary/aromatic N) is 1. The van der Waals surface area contributed by atoms with Crippen molar-refractivity contribution in [3.05, 3.63) is 70.5 Å². The molecule has 1 heterocycles. The number of rotatable bonds is 4. The molecule has 5 heteroatoms. The van der Waals surface area contributed by atoms with E-state index in [2.05, 4.69) is 26.2 Å². The summed E-state index contributed by atoms with van der Waals surface area (Å²) < 4.78 is 6.21. The number of amides is 1. The molecule has 2 aromatic carbocycles. The Labute approximate surface area is 142 Å². The number of nitrogens with one attached hydrogen (secondary N) is 1. The number of pyridine rings is 1. The molecular formula is C18H15BrN2O2. The highest BCUT2D eigenvalue weighted by molar-refractivity contribution is 9.10. The van der Waals surface area contributed by atoms with Gasteiger partial charge in [0.1, 0.15) is 5.75 Å². The third kappa shape index (κ3) is 3.35. The van der Waals surface area contributed by atoms with Gasteiger partial charge in [-0.05, 0) is 38.8 Å². The van der Waals surface area contributed by atoms with Gasteiger partial charge in [-0.25, -0.2) is 0 Å². The summed E-state index contributed by atoms with van der Waals surface area (Å²) in [5, 5.41) is 5.11. The maximum atomic E-state index is 12.3. The van der Waals surface area contributed by atoms with Crippen molar-refractivity contribution in [2.24, 2.45) is 0 Å². The first-order valence-corrected chi connectivity index (χ1v) is 7.91. The topological polar surface area (TPSA) is 51.2 Å².